The first-order chi connectivity index (χ1) is 15.6. The van der Waals surface area contributed by atoms with E-state index in [0.29, 0.717) is 24.3 Å². The van der Waals surface area contributed by atoms with Gasteiger partial charge in [-0.3, -0.25) is 9.36 Å². The molecule has 0 spiro atoms. The molecule has 4 rings (SSSR count). The summed E-state index contributed by atoms with van der Waals surface area (Å²) in [4.78, 5) is 15.1. The minimum atomic E-state index is 0.170. The van der Waals surface area contributed by atoms with Gasteiger partial charge in [0.15, 0.2) is 5.16 Å². The van der Waals surface area contributed by atoms with E-state index in [4.69, 9.17) is 4.74 Å². The molecule has 1 aromatic heterocycles. The van der Waals surface area contributed by atoms with E-state index in [0.717, 1.165) is 35.3 Å². The average molecular weight is 451 g/mol. The van der Waals surface area contributed by atoms with Crippen LogP contribution in [-0.2, 0) is 11.2 Å². The predicted molar refractivity (Wildman–Crippen MR) is 128 cm³/mol. The second kappa shape index (κ2) is 10.2. The second-order valence-corrected chi connectivity index (χ2v) is 9.26. The van der Waals surface area contributed by atoms with Gasteiger partial charge in [-0.2, -0.15) is 0 Å². The number of likely N-dealkylation sites (tertiary alicyclic amines) is 1. The van der Waals surface area contributed by atoms with Gasteiger partial charge in [-0.1, -0.05) is 42.1 Å². The first kappa shape index (κ1) is 22.4. The SMILES string of the molecule is COc1ccc(-n2c(Cc3ccccc3)nnc2SCC(=O)N2[C@H](C)CCC[C@H]2C)cc1. The third-order valence-electron chi connectivity index (χ3n) is 6.04. The summed E-state index contributed by atoms with van der Waals surface area (Å²) in [6.07, 6.45) is 4.00. The van der Waals surface area contributed by atoms with Crippen molar-refractivity contribution in [2.45, 2.75) is 56.8 Å². The Morgan fingerprint density at radius 3 is 2.38 bits per heavy atom. The Hall–Kier alpha value is -2.80. The Bertz CT molecular complexity index is 1030. The van der Waals surface area contributed by atoms with E-state index in [1.165, 1.54) is 23.7 Å². The van der Waals surface area contributed by atoms with Gasteiger partial charge in [0.2, 0.25) is 5.91 Å². The lowest BCUT2D eigenvalue weighted by atomic mass is 9.98. The molecule has 1 amide bonds. The number of hydrogen-bond donors (Lipinski definition) is 0. The van der Waals surface area contributed by atoms with Crippen molar-refractivity contribution in [1.29, 1.82) is 0 Å². The molecule has 6 nitrogen and oxygen atoms in total. The van der Waals surface area contributed by atoms with Crippen LogP contribution in [0.1, 0.15) is 44.5 Å². The zero-order valence-corrected chi connectivity index (χ0v) is 19.7. The molecule has 2 atom stereocenters. The number of ether oxygens (including phenoxy) is 1. The number of thioether (sulfide) groups is 1. The average Bonchev–Trinajstić information content (AvgIpc) is 3.20. The van der Waals surface area contributed by atoms with Crippen LogP contribution < -0.4 is 4.74 Å². The molecule has 2 aromatic carbocycles. The highest BCUT2D eigenvalue weighted by atomic mass is 32.2. The molecule has 1 fully saturated rings. The fourth-order valence-corrected chi connectivity index (χ4v) is 5.23. The molecule has 7 heteroatoms. The molecule has 168 valence electrons. The second-order valence-electron chi connectivity index (χ2n) is 8.31. The van der Waals surface area contributed by atoms with Crippen LogP contribution in [0.25, 0.3) is 5.69 Å². The number of nitrogens with zero attached hydrogens (tertiary/aromatic N) is 4. The summed E-state index contributed by atoms with van der Waals surface area (Å²) in [7, 11) is 1.66. The number of amides is 1. The zero-order chi connectivity index (χ0) is 22.5. The maximum absolute atomic E-state index is 13.1. The van der Waals surface area contributed by atoms with E-state index in [2.05, 4.69) is 41.1 Å². The van der Waals surface area contributed by atoms with Gasteiger partial charge < -0.3 is 9.64 Å². The number of carbonyl (C=O) groups is 1. The van der Waals surface area contributed by atoms with E-state index in [1.807, 2.05) is 47.0 Å². The van der Waals surface area contributed by atoms with Crippen LogP contribution in [-0.4, -0.2) is 50.5 Å². The summed E-state index contributed by atoms with van der Waals surface area (Å²) in [5.74, 6) is 2.16. The first-order valence-corrected chi connectivity index (χ1v) is 12.1. The lowest BCUT2D eigenvalue weighted by molar-refractivity contribution is -0.134. The van der Waals surface area contributed by atoms with Gasteiger partial charge in [-0.25, -0.2) is 0 Å². The third-order valence-corrected chi connectivity index (χ3v) is 6.96. The quantitative estimate of drug-likeness (QED) is 0.486. The zero-order valence-electron chi connectivity index (χ0n) is 18.9. The molecule has 0 radical (unpaired) electrons. The number of piperidine rings is 1. The molecule has 1 aliphatic heterocycles. The minimum Gasteiger partial charge on any atom is -0.497 e. The van der Waals surface area contributed by atoms with Crippen LogP contribution in [0, 0.1) is 0 Å². The van der Waals surface area contributed by atoms with Crippen molar-refractivity contribution in [3.05, 3.63) is 66.0 Å². The smallest absolute Gasteiger partial charge is 0.233 e. The summed E-state index contributed by atoms with van der Waals surface area (Å²) < 4.78 is 7.36. The minimum absolute atomic E-state index is 0.170. The van der Waals surface area contributed by atoms with Gasteiger partial charge in [-0.05, 0) is 62.9 Å². The Labute approximate surface area is 194 Å². The van der Waals surface area contributed by atoms with Gasteiger partial charge >= 0.3 is 0 Å². The molecular weight excluding hydrogens is 420 g/mol. The highest BCUT2D eigenvalue weighted by Gasteiger charge is 2.29. The van der Waals surface area contributed by atoms with Crippen molar-refractivity contribution in [3.63, 3.8) is 0 Å². The summed E-state index contributed by atoms with van der Waals surface area (Å²) in [6.45, 7) is 4.30. The van der Waals surface area contributed by atoms with Gasteiger partial charge in [-0.15, -0.1) is 10.2 Å². The lowest BCUT2D eigenvalue weighted by Crippen LogP contribution is -2.48. The largest absolute Gasteiger partial charge is 0.497 e. The Morgan fingerprint density at radius 2 is 1.72 bits per heavy atom. The number of benzene rings is 2. The van der Waals surface area contributed by atoms with Crippen molar-refractivity contribution in [2.75, 3.05) is 12.9 Å². The molecule has 0 saturated carbocycles. The van der Waals surface area contributed by atoms with E-state index in [9.17, 15) is 4.79 Å². The molecule has 1 aliphatic rings. The van der Waals surface area contributed by atoms with Crippen LogP contribution in [0.3, 0.4) is 0 Å². The van der Waals surface area contributed by atoms with Crippen LogP contribution in [0.4, 0.5) is 0 Å². The van der Waals surface area contributed by atoms with E-state index in [-0.39, 0.29) is 5.91 Å². The van der Waals surface area contributed by atoms with Crippen molar-refractivity contribution >= 4 is 17.7 Å². The highest BCUT2D eigenvalue weighted by molar-refractivity contribution is 7.99. The van der Waals surface area contributed by atoms with Crippen LogP contribution in [0.2, 0.25) is 0 Å². The number of rotatable bonds is 7. The van der Waals surface area contributed by atoms with Crippen molar-refractivity contribution in [2.24, 2.45) is 0 Å². The number of aromatic nitrogens is 3. The fraction of sp³-hybridized carbons (Fsp3) is 0.400. The van der Waals surface area contributed by atoms with Crippen LogP contribution >= 0.6 is 11.8 Å². The van der Waals surface area contributed by atoms with Crippen LogP contribution in [0.15, 0.2) is 59.8 Å². The van der Waals surface area contributed by atoms with Gasteiger partial charge in [0, 0.05) is 24.2 Å². The summed E-state index contributed by atoms with van der Waals surface area (Å²) in [5.41, 5.74) is 2.12. The molecular formula is C25H30N4O2S. The Kier molecular flexibility index (Phi) is 7.15. The van der Waals surface area contributed by atoms with Gasteiger partial charge in [0.1, 0.15) is 11.6 Å². The molecule has 32 heavy (non-hydrogen) atoms. The van der Waals surface area contributed by atoms with Crippen LogP contribution in [0.5, 0.6) is 5.75 Å². The summed E-state index contributed by atoms with van der Waals surface area (Å²) in [6, 6.07) is 18.7. The predicted octanol–water partition coefficient (Wildman–Crippen LogP) is 4.75. The molecule has 2 heterocycles. The van der Waals surface area contributed by atoms with Crippen molar-refractivity contribution in [3.8, 4) is 11.4 Å². The number of methoxy groups -OCH3 is 1. The number of carbonyl (C=O) groups excluding carboxylic acids is 1. The fourth-order valence-electron chi connectivity index (χ4n) is 4.39. The van der Waals surface area contributed by atoms with E-state index < -0.39 is 0 Å². The van der Waals surface area contributed by atoms with Gasteiger partial charge in [0.05, 0.1) is 12.9 Å². The monoisotopic (exact) mass is 450 g/mol. The maximum Gasteiger partial charge on any atom is 0.233 e. The first-order valence-electron chi connectivity index (χ1n) is 11.1. The van der Waals surface area contributed by atoms with E-state index >= 15 is 0 Å². The van der Waals surface area contributed by atoms with Crippen molar-refractivity contribution in [1.82, 2.24) is 19.7 Å². The molecule has 0 bridgehead atoms. The Balaban J connectivity index is 1.58. The number of hydrogen-bond acceptors (Lipinski definition) is 5. The van der Waals surface area contributed by atoms with E-state index in [1.54, 1.807) is 7.11 Å². The lowest BCUT2D eigenvalue weighted by Gasteiger charge is -2.39. The molecule has 1 saturated heterocycles. The Morgan fingerprint density at radius 1 is 1.03 bits per heavy atom. The standard InChI is InChI=1S/C25H30N4O2S/c1-18-8-7-9-19(2)28(18)24(30)17-32-25-27-26-23(16-20-10-5-4-6-11-20)29(25)21-12-14-22(31-3)15-13-21/h4-6,10-15,18-19H,7-9,16-17H2,1-3H3/t18-,19-/m1/s1. The molecule has 0 aliphatic carbocycles. The third kappa shape index (κ3) is 4.99. The molecule has 0 N–H and O–H groups in total. The highest BCUT2D eigenvalue weighted by Crippen LogP contribution is 2.28. The van der Waals surface area contributed by atoms with Crippen molar-refractivity contribution < 1.29 is 9.53 Å². The topological polar surface area (TPSA) is 60.2 Å². The summed E-state index contributed by atoms with van der Waals surface area (Å²) >= 11 is 1.46. The van der Waals surface area contributed by atoms with Gasteiger partial charge in [0.25, 0.3) is 0 Å². The molecule has 3 aromatic rings. The normalized spacial score (nSPS) is 18.5. The summed E-state index contributed by atoms with van der Waals surface area (Å²) in [5, 5.41) is 9.68. The molecule has 0 unspecified atom stereocenters. The maximum atomic E-state index is 13.1.